The molecule has 7 nitrogen and oxygen atoms in total. The Bertz CT molecular complexity index is 1010. The summed E-state index contributed by atoms with van der Waals surface area (Å²) in [5, 5.41) is 0. The molecule has 0 saturated carbocycles. The van der Waals surface area contributed by atoms with Crippen molar-refractivity contribution in [3.63, 3.8) is 0 Å². The van der Waals surface area contributed by atoms with E-state index in [4.69, 9.17) is 4.74 Å². The van der Waals surface area contributed by atoms with Crippen molar-refractivity contribution >= 4 is 10.0 Å². The molecule has 1 unspecified atom stereocenters. The van der Waals surface area contributed by atoms with Crippen LogP contribution in [0.25, 0.3) is 11.3 Å². The molecular weight excluding hydrogens is 364 g/mol. The fourth-order valence-corrected chi connectivity index (χ4v) is 4.50. The summed E-state index contributed by atoms with van der Waals surface area (Å²) < 4.78 is 33.0. The zero-order valence-electron chi connectivity index (χ0n) is 14.5. The molecule has 4 heterocycles. The summed E-state index contributed by atoms with van der Waals surface area (Å²) >= 11 is 0. The number of nitrogens with zero attached hydrogens (tertiary/aromatic N) is 4. The molecule has 0 amide bonds. The summed E-state index contributed by atoms with van der Waals surface area (Å²) in [7, 11) is -3.56. The largest absolute Gasteiger partial charge is 0.487 e. The van der Waals surface area contributed by atoms with Gasteiger partial charge in [0.1, 0.15) is 22.4 Å². The van der Waals surface area contributed by atoms with Gasteiger partial charge < -0.3 is 4.74 Å². The van der Waals surface area contributed by atoms with Crippen LogP contribution >= 0.6 is 0 Å². The Morgan fingerprint density at radius 3 is 2.59 bits per heavy atom. The van der Waals surface area contributed by atoms with Gasteiger partial charge in [0.25, 0.3) is 0 Å². The van der Waals surface area contributed by atoms with Crippen LogP contribution in [0.4, 0.5) is 0 Å². The summed E-state index contributed by atoms with van der Waals surface area (Å²) in [5.74, 6) is 0.634. The first-order valence-electron chi connectivity index (χ1n) is 8.57. The highest BCUT2D eigenvalue weighted by molar-refractivity contribution is 7.89. The smallest absolute Gasteiger partial charge is 0.244 e. The lowest BCUT2D eigenvalue weighted by atomic mass is 10.1. The monoisotopic (exact) mass is 382 g/mol. The zero-order chi connectivity index (χ0) is 18.7. The maximum Gasteiger partial charge on any atom is 0.244 e. The molecule has 4 rings (SSSR count). The second kappa shape index (κ2) is 7.42. The molecule has 0 aromatic carbocycles. The van der Waals surface area contributed by atoms with E-state index in [1.165, 1.54) is 10.5 Å². The summed E-state index contributed by atoms with van der Waals surface area (Å²) in [6.45, 7) is 0.703. The van der Waals surface area contributed by atoms with Crippen molar-refractivity contribution in [3.05, 3.63) is 67.4 Å². The average Bonchev–Trinajstić information content (AvgIpc) is 3.19. The Kier molecular flexibility index (Phi) is 4.83. The van der Waals surface area contributed by atoms with E-state index in [2.05, 4.69) is 15.0 Å². The van der Waals surface area contributed by atoms with Crippen LogP contribution in [0.1, 0.15) is 6.42 Å². The van der Waals surface area contributed by atoms with Crippen molar-refractivity contribution in [2.24, 2.45) is 0 Å². The molecular formula is C19H18N4O3S. The van der Waals surface area contributed by atoms with Gasteiger partial charge >= 0.3 is 0 Å². The first-order chi connectivity index (χ1) is 13.1. The van der Waals surface area contributed by atoms with Gasteiger partial charge in [-0.05, 0) is 42.8 Å². The van der Waals surface area contributed by atoms with Crippen LogP contribution in [0, 0.1) is 0 Å². The summed E-state index contributed by atoms with van der Waals surface area (Å²) in [4.78, 5) is 12.5. The predicted molar refractivity (Wildman–Crippen MR) is 99.5 cm³/mol. The van der Waals surface area contributed by atoms with E-state index in [9.17, 15) is 8.42 Å². The molecule has 1 aliphatic rings. The van der Waals surface area contributed by atoms with E-state index in [1.54, 1.807) is 43.0 Å². The van der Waals surface area contributed by atoms with Crippen molar-refractivity contribution in [2.45, 2.75) is 17.4 Å². The van der Waals surface area contributed by atoms with Gasteiger partial charge in [-0.15, -0.1) is 0 Å². The second-order valence-corrected chi connectivity index (χ2v) is 8.10. The lowest BCUT2D eigenvalue weighted by molar-refractivity contribution is 0.216. The molecule has 0 spiro atoms. The number of rotatable bonds is 5. The standard InChI is InChI=1S/C19H18N4O3S/c24-27(25,17-3-1-8-21-13-17)23-12-7-16(14-23)26-18-4-2-9-22-19(18)15-5-10-20-11-6-15/h1-6,8-11,13,16H,7,12,14H2. The molecule has 0 radical (unpaired) electrons. The van der Waals surface area contributed by atoms with E-state index in [0.717, 1.165) is 5.56 Å². The van der Waals surface area contributed by atoms with Gasteiger partial charge in [0, 0.05) is 43.1 Å². The van der Waals surface area contributed by atoms with Crippen LogP contribution in [0.15, 0.2) is 72.3 Å². The van der Waals surface area contributed by atoms with Crippen LogP contribution in [0.5, 0.6) is 5.75 Å². The van der Waals surface area contributed by atoms with Crippen molar-refractivity contribution in [3.8, 4) is 17.0 Å². The molecule has 1 saturated heterocycles. The van der Waals surface area contributed by atoms with Crippen molar-refractivity contribution in [1.82, 2.24) is 19.3 Å². The molecule has 138 valence electrons. The molecule has 8 heteroatoms. The number of pyridine rings is 3. The van der Waals surface area contributed by atoms with Crippen molar-refractivity contribution in [2.75, 3.05) is 13.1 Å². The lowest BCUT2D eigenvalue weighted by Crippen LogP contribution is -2.31. The zero-order valence-corrected chi connectivity index (χ0v) is 15.3. The maximum absolute atomic E-state index is 12.7. The third kappa shape index (κ3) is 3.67. The van der Waals surface area contributed by atoms with E-state index in [0.29, 0.717) is 31.0 Å². The highest BCUT2D eigenvalue weighted by Gasteiger charge is 2.34. The first kappa shape index (κ1) is 17.6. The van der Waals surface area contributed by atoms with Gasteiger partial charge in [-0.3, -0.25) is 15.0 Å². The molecule has 1 fully saturated rings. The molecule has 0 bridgehead atoms. The van der Waals surface area contributed by atoms with Crippen LogP contribution in [-0.4, -0.2) is 46.9 Å². The number of hydrogen-bond donors (Lipinski definition) is 0. The minimum Gasteiger partial charge on any atom is -0.487 e. The fourth-order valence-electron chi connectivity index (χ4n) is 3.05. The number of ether oxygens (including phenoxy) is 1. The van der Waals surface area contributed by atoms with E-state index in [1.807, 2.05) is 18.2 Å². The number of sulfonamides is 1. The fraction of sp³-hybridized carbons (Fsp3) is 0.211. The van der Waals surface area contributed by atoms with Gasteiger partial charge in [0.2, 0.25) is 10.0 Å². The summed E-state index contributed by atoms with van der Waals surface area (Å²) in [6, 6.07) is 10.6. The highest BCUT2D eigenvalue weighted by atomic mass is 32.2. The Balaban J connectivity index is 1.52. The quantitative estimate of drug-likeness (QED) is 0.674. The second-order valence-electron chi connectivity index (χ2n) is 6.17. The number of aromatic nitrogens is 3. The topological polar surface area (TPSA) is 85.3 Å². The van der Waals surface area contributed by atoms with Gasteiger partial charge in [0.05, 0.1) is 6.54 Å². The Hall–Kier alpha value is -2.84. The molecule has 0 N–H and O–H groups in total. The summed E-state index contributed by atoms with van der Waals surface area (Å²) in [5.41, 5.74) is 1.62. The Morgan fingerprint density at radius 2 is 1.81 bits per heavy atom. The minimum absolute atomic E-state index is 0.199. The Morgan fingerprint density at radius 1 is 1.00 bits per heavy atom. The molecule has 0 aliphatic carbocycles. The molecule has 1 aliphatic heterocycles. The van der Waals surface area contributed by atoms with Gasteiger partial charge in [-0.2, -0.15) is 4.31 Å². The molecule has 3 aromatic rings. The molecule has 27 heavy (non-hydrogen) atoms. The third-order valence-corrected chi connectivity index (χ3v) is 6.25. The van der Waals surface area contributed by atoms with Crippen LogP contribution in [0.3, 0.4) is 0 Å². The highest BCUT2D eigenvalue weighted by Crippen LogP contribution is 2.30. The van der Waals surface area contributed by atoms with Crippen LogP contribution in [-0.2, 0) is 10.0 Å². The van der Waals surface area contributed by atoms with E-state index in [-0.39, 0.29) is 11.0 Å². The third-order valence-electron chi connectivity index (χ3n) is 4.40. The molecule has 1 atom stereocenters. The maximum atomic E-state index is 12.7. The summed E-state index contributed by atoms with van der Waals surface area (Å²) in [6.07, 6.45) is 8.41. The van der Waals surface area contributed by atoms with Crippen LogP contribution < -0.4 is 4.74 Å². The van der Waals surface area contributed by atoms with Crippen molar-refractivity contribution < 1.29 is 13.2 Å². The molecule has 3 aromatic heterocycles. The van der Waals surface area contributed by atoms with E-state index >= 15 is 0 Å². The van der Waals surface area contributed by atoms with Crippen molar-refractivity contribution in [1.29, 1.82) is 0 Å². The minimum atomic E-state index is -3.56. The van der Waals surface area contributed by atoms with Gasteiger partial charge in [-0.25, -0.2) is 8.42 Å². The first-order valence-corrected chi connectivity index (χ1v) is 10.0. The SMILES string of the molecule is O=S(=O)(c1cccnc1)N1CCC(Oc2cccnc2-c2ccncc2)C1. The van der Waals surface area contributed by atoms with Gasteiger partial charge in [-0.1, -0.05) is 0 Å². The average molecular weight is 382 g/mol. The van der Waals surface area contributed by atoms with Gasteiger partial charge in [0.15, 0.2) is 0 Å². The number of hydrogen-bond acceptors (Lipinski definition) is 6. The normalized spacial score (nSPS) is 17.7. The Labute approximate surface area is 157 Å². The lowest BCUT2D eigenvalue weighted by Gasteiger charge is -2.18. The van der Waals surface area contributed by atoms with E-state index < -0.39 is 10.0 Å². The van der Waals surface area contributed by atoms with Crippen LogP contribution in [0.2, 0.25) is 0 Å². The predicted octanol–water partition coefficient (Wildman–Crippen LogP) is 2.38.